The van der Waals surface area contributed by atoms with E-state index in [-0.39, 0.29) is 22.4 Å². The van der Waals surface area contributed by atoms with Crippen molar-refractivity contribution >= 4 is 29.1 Å². The first kappa shape index (κ1) is 14.2. The lowest BCUT2D eigenvalue weighted by molar-refractivity contribution is 0.0929. The lowest BCUT2D eigenvalue weighted by atomic mass is 9.96. The third-order valence-electron chi connectivity index (χ3n) is 3.58. The molecule has 1 aromatic carbocycles. The summed E-state index contributed by atoms with van der Waals surface area (Å²) in [5, 5.41) is 13.1. The summed E-state index contributed by atoms with van der Waals surface area (Å²) in [6, 6.07) is 2.61. The fourth-order valence-electron chi connectivity index (χ4n) is 2.57. The number of aromatic hydroxyl groups is 1. The Labute approximate surface area is 131 Å². The van der Waals surface area contributed by atoms with Crippen molar-refractivity contribution in [1.82, 2.24) is 15.3 Å². The van der Waals surface area contributed by atoms with Crippen molar-refractivity contribution in [2.75, 3.05) is 0 Å². The second kappa shape index (κ2) is 5.58. The highest BCUT2D eigenvalue weighted by Gasteiger charge is 2.26. The number of phenolic OH excluding ortho intramolecular Hbond substituents is 1. The number of nitrogens with zero attached hydrogens (tertiary/aromatic N) is 1. The quantitative estimate of drug-likeness (QED) is 0.793. The van der Waals surface area contributed by atoms with E-state index >= 15 is 0 Å². The van der Waals surface area contributed by atoms with E-state index in [1.54, 1.807) is 6.33 Å². The van der Waals surface area contributed by atoms with E-state index in [0.29, 0.717) is 5.02 Å². The maximum absolute atomic E-state index is 12.3. The number of nitrogens with one attached hydrogen (secondary N) is 2. The van der Waals surface area contributed by atoms with E-state index in [4.69, 9.17) is 23.2 Å². The molecular weight excluding hydrogens is 313 g/mol. The van der Waals surface area contributed by atoms with Gasteiger partial charge in [0.15, 0.2) is 0 Å². The number of aryl methyl sites for hydroxylation is 1. The summed E-state index contributed by atoms with van der Waals surface area (Å²) in [6.45, 7) is 0. The van der Waals surface area contributed by atoms with Gasteiger partial charge in [-0.25, -0.2) is 4.98 Å². The van der Waals surface area contributed by atoms with Gasteiger partial charge in [-0.15, -0.1) is 0 Å². The van der Waals surface area contributed by atoms with Gasteiger partial charge in [0, 0.05) is 10.7 Å². The van der Waals surface area contributed by atoms with E-state index in [1.807, 2.05) is 0 Å². The molecule has 110 valence electrons. The van der Waals surface area contributed by atoms with Crippen LogP contribution in [-0.4, -0.2) is 21.0 Å². The Morgan fingerprint density at radius 3 is 3.05 bits per heavy atom. The van der Waals surface area contributed by atoms with Gasteiger partial charge in [-0.3, -0.25) is 4.79 Å². The number of H-pyrrole nitrogens is 1. The van der Waals surface area contributed by atoms with Gasteiger partial charge in [0.05, 0.1) is 28.6 Å². The summed E-state index contributed by atoms with van der Waals surface area (Å²) in [7, 11) is 0. The van der Waals surface area contributed by atoms with Crippen LogP contribution in [0.1, 0.15) is 40.6 Å². The molecule has 0 radical (unpaired) electrons. The number of phenols is 1. The monoisotopic (exact) mass is 325 g/mol. The van der Waals surface area contributed by atoms with Gasteiger partial charge in [-0.05, 0) is 31.4 Å². The third-order valence-corrected chi connectivity index (χ3v) is 4.09. The molecule has 0 fully saturated rings. The summed E-state index contributed by atoms with van der Waals surface area (Å²) in [5.74, 6) is -0.686. The van der Waals surface area contributed by atoms with Crippen LogP contribution >= 0.6 is 23.2 Å². The maximum atomic E-state index is 12.3. The Morgan fingerprint density at radius 1 is 1.43 bits per heavy atom. The second-order valence-corrected chi connectivity index (χ2v) is 5.81. The number of halogens is 2. The molecule has 3 rings (SSSR count). The minimum atomic E-state index is -0.419. The Morgan fingerprint density at radius 2 is 2.24 bits per heavy atom. The molecule has 1 aliphatic rings. The van der Waals surface area contributed by atoms with Crippen LogP contribution in [-0.2, 0) is 6.42 Å². The van der Waals surface area contributed by atoms with Crippen LogP contribution in [0.15, 0.2) is 18.5 Å². The van der Waals surface area contributed by atoms with E-state index < -0.39 is 5.91 Å². The molecule has 1 atom stereocenters. The second-order valence-electron chi connectivity index (χ2n) is 4.97. The van der Waals surface area contributed by atoms with E-state index in [0.717, 1.165) is 30.7 Å². The summed E-state index contributed by atoms with van der Waals surface area (Å²) in [6.07, 6.45) is 4.32. The molecule has 1 heterocycles. The van der Waals surface area contributed by atoms with E-state index in [1.165, 1.54) is 12.1 Å². The highest BCUT2D eigenvalue weighted by Crippen LogP contribution is 2.32. The first-order chi connectivity index (χ1) is 10.1. The first-order valence-electron chi connectivity index (χ1n) is 6.57. The molecule has 0 saturated heterocycles. The minimum absolute atomic E-state index is 0.0525. The summed E-state index contributed by atoms with van der Waals surface area (Å²) in [5.41, 5.74) is 1.96. The topological polar surface area (TPSA) is 78.0 Å². The number of aromatic nitrogens is 2. The van der Waals surface area contributed by atoms with Crippen molar-refractivity contribution in [2.24, 2.45) is 0 Å². The van der Waals surface area contributed by atoms with Crippen molar-refractivity contribution in [3.63, 3.8) is 0 Å². The molecule has 2 aromatic rings. The Hall–Kier alpha value is -1.72. The predicted octanol–water partition coefficient (Wildman–Crippen LogP) is 3.23. The molecule has 3 N–H and O–H groups in total. The maximum Gasteiger partial charge on any atom is 0.255 e. The van der Waals surface area contributed by atoms with Gasteiger partial charge in [-0.1, -0.05) is 23.2 Å². The fraction of sp³-hybridized carbons (Fsp3) is 0.286. The predicted molar refractivity (Wildman–Crippen MR) is 79.9 cm³/mol. The fourth-order valence-corrected chi connectivity index (χ4v) is 3.06. The molecule has 0 saturated carbocycles. The third kappa shape index (κ3) is 2.71. The normalized spacial score (nSPS) is 17.3. The van der Waals surface area contributed by atoms with E-state index in [9.17, 15) is 9.90 Å². The lowest BCUT2D eigenvalue weighted by Crippen LogP contribution is -2.31. The van der Waals surface area contributed by atoms with Gasteiger partial charge in [0.25, 0.3) is 5.91 Å². The number of hydrogen-bond acceptors (Lipinski definition) is 3. The summed E-state index contributed by atoms with van der Waals surface area (Å²) < 4.78 is 0. The van der Waals surface area contributed by atoms with Gasteiger partial charge in [0.2, 0.25) is 0 Å². The average molecular weight is 326 g/mol. The first-order valence-corrected chi connectivity index (χ1v) is 7.33. The number of fused-ring (bicyclic) bond motifs is 1. The van der Waals surface area contributed by atoms with Crippen LogP contribution in [0.25, 0.3) is 0 Å². The van der Waals surface area contributed by atoms with Crippen molar-refractivity contribution in [3.05, 3.63) is 45.5 Å². The highest BCUT2D eigenvalue weighted by molar-refractivity contribution is 6.36. The average Bonchev–Trinajstić information content (AvgIpc) is 2.92. The zero-order valence-electron chi connectivity index (χ0n) is 11.0. The zero-order chi connectivity index (χ0) is 15.0. The molecule has 5 nitrogen and oxygen atoms in total. The van der Waals surface area contributed by atoms with Crippen molar-refractivity contribution in [2.45, 2.75) is 25.3 Å². The minimum Gasteiger partial charge on any atom is -0.506 e. The Kier molecular flexibility index (Phi) is 3.78. The summed E-state index contributed by atoms with van der Waals surface area (Å²) in [4.78, 5) is 19.7. The number of rotatable bonds is 2. The molecule has 0 spiro atoms. The van der Waals surface area contributed by atoms with Crippen LogP contribution < -0.4 is 5.32 Å². The highest BCUT2D eigenvalue weighted by atomic mass is 35.5. The number of carbonyl (C=O) groups is 1. The number of benzene rings is 1. The van der Waals surface area contributed by atoms with Crippen molar-refractivity contribution in [1.29, 1.82) is 0 Å². The smallest absolute Gasteiger partial charge is 0.255 e. The van der Waals surface area contributed by atoms with Gasteiger partial charge in [-0.2, -0.15) is 0 Å². The molecule has 1 unspecified atom stereocenters. The van der Waals surface area contributed by atoms with Crippen molar-refractivity contribution in [3.8, 4) is 5.75 Å². The standard InChI is InChI=1S/C14H13Cl2N3O2/c15-7-4-8(13(20)9(16)5-7)14(21)19-11-3-1-2-10-12(11)18-6-17-10/h4-6,11,20H,1-3H2,(H,17,18)(H,19,21). The van der Waals surface area contributed by atoms with Crippen molar-refractivity contribution < 1.29 is 9.90 Å². The largest absolute Gasteiger partial charge is 0.506 e. The van der Waals surface area contributed by atoms with Crippen LogP contribution in [0, 0.1) is 0 Å². The molecule has 0 bridgehead atoms. The van der Waals surface area contributed by atoms with Gasteiger partial charge < -0.3 is 15.4 Å². The number of imidazole rings is 1. The molecule has 0 aliphatic heterocycles. The summed E-state index contributed by atoms with van der Waals surface area (Å²) >= 11 is 11.7. The Balaban J connectivity index is 1.86. The van der Waals surface area contributed by atoms with Crippen LogP contribution in [0.2, 0.25) is 10.0 Å². The Bertz CT molecular complexity index is 700. The molecule has 21 heavy (non-hydrogen) atoms. The van der Waals surface area contributed by atoms with Crippen LogP contribution in [0.4, 0.5) is 0 Å². The molecule has 1 aliphatic carbocycles. The number of carbonyl (C=O) groups excluding carboxylic acids is 1. The molecule has 1 aromatic heterocycles. The van der Waals surface area contributed by atoms with E-state index in [2.05, 4.69) is 15.3 Å². The van der Waals surface area contributed by atoms with Crippen LogP contribution in [0.3, 0.4) is 0 Å². The van der Waals surface area contributed by atoms with Gasteiger partial charge in [0.1, 0.15) is 5.75 Å². The molecule has 7 heteroatoms. The zero-order valence-corrected chi connectivity index (χ0v) is 12.5. The number of amides is 1. The number of hydrogen-bond donors (Lipinski definition) is 3. The lowest BCUT2D eigenvalue weighted by Gasteiger charge is -2.22. The molecule has 1 amide bonds. The van der Waals surface area contributed by atoms with Gasteiger partial charge >= 0.3 is 0 Å². The molecular formula is C14H13Cl2N3O2. The number of aromatic amines is 1. The van der Waals surface area contributed by atoms with Crippen LogP contribution in [0.5, 0.6) is 5.75 Å². The SMILES string of the molecule is O=C(NC1CCCc2[nH]cnc21)c1cc(Cl)cc(Cl)c1O.